The summed E-state index contributed by atoms with van der Waals surface area (Å²) in [5, 5.41) is 5.69. The van der Waals surface area contributed by atoms with Crippen LogP contribution in [0.15, 0.2) is 126 Å². The van der Waals surface area contributed by atoms with E-state index >= 15 is 0 Å². The minimum absolute atomic E-state index is 0.763. The summed E-state index contributed by atoms with van der Waals surface area (Å²) in [4.78, 5) is 5.41. The first-order valence-corrected chi connectivity index (χ1v) is 13.4. The highest BCUT2D eigenvalue weighted by molar-refractivity contribution is 6.11. The molecule has 0 spiro atoms. The van der Waals surface area contributed by atoms with Gasteiger partial charge in [-0.15, -0.1) is 0 Å². The third-order valence-corrected chi connectivity index (χ3v) is 7.92. The van der Waals surface area contributed by atoms with Gasteiger partial charge in [0.05, 0.1) is 22.2 Å². The second-order valence-corrected chi connectivity index (χ2v) is 10.1. The van der Waals surface area contributed by atoms with Gasteiger partial charge in [0.25, 0.3) is 0 Å². The van der Waals surface area contributed by atoms with Crippen LogP contribution in [0.4, 0.5) is 0 Å². The number of furan rings is 1. The van der Waals surface area contributed by atoms with Crippen molar-refractivity contribution in [3.63, 3.8) is 0 Å². The molecule has 4 nitrogen and oxygen atoms in total. The van der Waals surface area contributed by atoms with Gasteiger partial charge in [0, 0.05) is 26.9 Å². The van der Waals surface area contributed by atoms with Gasteiger partial charge >= 0.3 is 0 Å². The van der Waals surface area contributed by atoms with Crippen molar-refractivity contribution < 1.29 is 4.42 Å². The van der Waals surface area contributed by atoms with Crippen LogP contribution in [-0.4, -0.2) is 14.1 Å². The van der Waals surface area contributed by atoms with Gasteiger partial charge in [0.2, 0.25) is 0 Å². The van der Waals surface area contributed by atoms with Crippen LogP contribution < -0.4 is 0 Å². The largest absolute Gasteiger partial charge is 0.452 e. The summed E-state index contributed by atoms with van der Waals surface area (Å²) in [6, 6.07) is 35.9. The summed E-state index contributed by atoms with van der Waals surface area (Å²) >= 11 is 0. The molecule has 0 radical (unpaired) electrons. The smallest absolute Gasteiger partial charge is 0.183 e. The van der Waals surface area contributed by atoms with Crippen molar-refractivity contribution in [3.8, 4) is 11.6 Å². The lowest BCUT2D eigenvalue weighted by atomic mass is 10.1. The zero-order chi connectivity index (χ0) is 26.8. The Hall–Kier alpha value is -5.35. The van der Waals surface area contributed by atoms with Crippen LogP contribution in [0.3, 0.4) is 0 Å². The van der Waals surface area contributed by atoms with Crippen molar-refractivity contribution in [2.45, 2.75) is 6.92 Å². The highest BCUT2D eigenvalue weighted by Gasteiger charge is 2.22. The number of allylic oxidation sites excluding steroid dienone is 2. The van der Waals surface area contributed by atoms with Crippen molar-refractivity contribution in [2.24, 2.45) is 0 Å². The van der Waals surface area contributed by atoms with Gasteiger partial charge in [-0.2, -0.15) is 0 Å². The molecule has 4 aromatic heterocycles. The normalized spacial score (nSPS) is 12.1. The predicted molar refractivity (Wildman–Crippen MR) is 167 cm³/mol. The van der Waals surface area contributed by atoms with Gasteiger partial charge in [-0.25, -0.2) is 4.98 Å². The van der Waals surface area contributed by atoms with E-state index in [0.717, 1.165) is 55.8 Å². The molecule has 4 heterocycles. The zero-order valence-corrected chi connectivity index (χ0v) is 22.0. The zero-order valence-electron chi connectivity index (χ0n) is 22.0. The first-order chi connectivity index (χ1) is 19.7. The predicted octanol–water partition coefficient (Wildman–Crippen LogP) is 9.53. The molecule has 0 aliphatic carbocycles. The summed E-state index contributed by atoms with van der Waals surface area (Å²) in [5.74, 6) is 1.61. The number of rotatable bonds is 4. The lowest BCUT2D eigenvalue weighted by Gasteiger charge is -2.13. The highest BCUT2D eigenvalue weighted by Crippen LogP contribution is 2.39. The maximum atomic E-state index is 6.57. The molecule has 4 aromatic carbocycles. The molecule has 190 valence electrons. The Labute approximate surface area is 230 Å². The Bertz CT molecular complexity index is 2260. The van der Waals surface area contributed by atoms with Gasteiger partial charge in [-0.1, -0.05) is 91.5 Å². The Morgan fingerprint density at radius 1 is 0.675 bits per heavy atom. The number of pyridine rings is 1. The van der Waals surface area contributed by atoms with E-state index in [1.54, 1.807) is 6.08 Å². The van der Waals surface area contributed by atoms with Gasteiger partial charge in [-0.05, 0) is 48.9 Å². The Balaban J connectivity index is 1.57. The summed E-state index contributed by atoms with van der Waals surface area (Å²) in [6.45, 7) is 6.07. The molecule has 8 rings (SSSR count). The van der Waals surface area contributed by atoms with E-state index in [1.165, 1.54) is 21.7 Å². The van der Waals surface area contributed by atoms with Crippen LogP contribution in [-0.2, 0) is 0 Å². The third kappa shape index (κ3) is 3.10. The van der Waals surface area contributed by atoms with Crippen LogP contribution in [0, 0.1) is 6.92 Å². The van der Waals surface area contributed by atoms with E-state index in [9.17, 15) is 0 Å². The van der Waals surface area contributed by atoms with Crippen LogP contribution in [0.5, 0.6) is 0 Å². The molecule has 40 heavy (non-hydrogen) atoms. The second-order valence-electron chi connectivity index (χ2n) is 10.1. The molecule has 0 atom stereocenters. The molecule has 0 N–H and O–H groups in total. The quantitative estimate of drug-likeness (QED) is 0.219. The SMILES string of the molecule is C=C/C=C\c1c(C)c2ccccc2n1-c1nc(-n2c3ccccc3c3ccccc32)cc2c1oc1ccccc12. The van der Waals surface area contributed by atoms with Crippen molar-refractivity contribution in [3.05, 3.63) is 133 Å². The van der Waals surface area contributed by atoms with E-state index < -0.39 is 0 Å². The number of hydrogen-bond acceptors (Lipinski definition) is 2. The number of nitrogens with zero attached hydrogens (tertiary/aromatic N) is 3. The summed E-state index contributed by atoms with van der Waals surface area (Å²) in [7, 11) is 0. The van der Waals surface area contributed by atoms with E-state index in [1.807, 2.05) is 18.2 Å². The maximum absolute atomic E-state index is 6.57. The molecule has 0 saturated carbocycles. The summed E-state index contributed by atoms with van der Waals surface area (Å²) < 4.78 is 11.1. The van der Waals surface area contributed by atoms with E-state index in [-0.39, 0.29) is 0 Å². The minimum Gasteiger partial charge on any atom is -0.452 e. The first kappa shape index (κ1) is 22.6. The molecule has 0 amide bonds. The van der Waals surface area contributed by atoms with Crippen LogP contribution >= 0.6 is 0 Å². The fourth-order valence-electron chi connectivity index (χ4n) is 6.14. The van der Waals surface area contributed by atoms with Crippen LogP contribution in [0.2, 0.25) is 0 Å². The number of hydrogen-bond donors (Lipinski definition) is 0. The van der Waals surface area contributed by atoms with Crippen molar-refractivity contribution in [2.75, 3.05) is 0 Å². The lowest BCUT2D eigenvalue weighted by Crippen LogP contribution is -2.05. The van der Waals surface area contributed by atoms with Crippen molar-refractivity contribution in [1.29, 1.82) is 0 Å². The average Bonchev–Trinajstić information content (AvgIpc) is 3.63. The number of para-hydroxylation sites is 4. The minimum atomic E-state index is 0.763. The van der Waals surface area contributed by atoms with Gasteiger partial charge in [0.15, 0.2) is 11.4 Å². The molecular formula is C36H25N3O. The molecular weight excluding hydrogens is 490 g/mol. The Morgan fingerprint density at radius 3 is 1.93 bits per heavy atom. The fourth-order valence-corrected chi connectivity index (χ4v) is 6.14. The lowest BCUT2D eigenvalue weighted by molar-refractivity contribution is 0.662. The number of fused-ring (bicyclic) bond motifs is 7. The van der Waals surface area contributed by atoms with Crippen LogP contribution in [0.25, 0.3) is 72.4 Å². The average molecular weight is 516 g/mol. The standard InChI is InChI=1S/C36H25N3O/c1-3-4-17-29-23(2)24-13-5-9-18-30(24)39(29)36-35-28(27-16-8-12-21-33(27)40-35)22-34(37-36)38-31-19-10-6-14-25(31)26-15-7-11-20-32(26)38/h3-22H,1H2,2H3/b17-4-. The topological polar surface area (TPSA) is 35.9 Å². The van der Waals surface area contributed by atoms with Crippen molar-refractivity contribution in [1.82, 2.24) is 14.1 Å². The molecule has 0 fully saturated rings. The van der Waals surface area contributed by atoms with Crippen molar-refractivity contribution >= 4 is 60.7 Å². The molecule has 0 bridgehead atoms. The number of benzene rings is 4. The molecule has 8 aromatic rings. The molecule has 0 saturated heterocycles. The monoisotopic (exact) mass is 515 g/mol. The van der Waals surface area contributed by atoms with Gasteiger partial charge < -0.3 is 4.42 Å². The summed E-state index contributed by atoms with van der Waals surface area (Å²) in [6.07, 6.45) is 5.89. The van der Waals surface area contributed by atoms with Crippen LogP contribution in [0.1, 0.15) is 11.3 Å². The molecule has 0 unspecified atom stereocenters. The van der Waals surface area contributed by atoms with E-state index in [4.69, 9.17) is 9.40 Å². The number of aromatic nitrogens is 3. The third-order valence-electron chi connectivity index (χ3n) is 7.92. The Kier molecular flexibility index (Phi) is 4.85. The molecule has 0 aliphatic heterocycles. The second kappa shape index (κ2) is 8.58. The fraction of sp³-hybridized carbons (Fsp3) is 0.0278. The molecule has 4 heteroatoms. The van der Waals surface area contributed by atoms with Gasteiger partial charge in [0.1, 0.15) is 11.4 Å². The van der Waals surface area contributed by atoms with Gasteiger partial charge in [-0.3, -0.25) is 9.13 Å². The molecule has 0 aliphatic rings. The summed E-state index contributed by atoms with van der Waals surface area (Å²) in [5.41, 5.74) is 7.16. The maximum Gasteiger partial charge on any atom is 0.183 e. The number of aryl methyl sites for hydroxylation is 1. The Morgan fingerprint density at radius 2 is 1.25 bits per heavy atom. The first-order valence-electron chi connectivity index (χ1n) is 13.4. The van der Waals surface area contributed by atoms with E-state index in [0.29, 0.717) is 0 Å². The highest BCUT2D eigenvalue weighted by atomic mass is 16.3. The van der Waals surface area contributed by atoms with E-state index in [2.05, 4.69) is 120 Å².